The molecule has 0 aliphatic carbocycles. The fourth-order valence-corrected chi connectivity index (χ4v) is 1.58. The van der Waals surface area contributed by atoms with Crippen LogP contribution in [0.1, 0.15) is 24.5 Å². The summed E-state index contributed by atoms with van der Waals surface area (Å²) < 4.78 is 37.4. The van der Waals surface area contributed by atoms with E-state index >= 15 is 0 Å². The molecule has 5 heteroatoms. The van der Waals surface area contributed by atoms with Crippen LogP contribution in [-0.2, 0) is 12.6 Å². The Hall–Kier alpha value is -1.07. The van der Waals surface area contributed by atoms with Gasteiger partial charge in [-0.1, -0.05) is 25.1 Å². The van der Waals surface area contributed by atoms with Crippen molar-refractivity contribution in [1.29, 1.82) is 0 Å². The first-order chi connectivity index (χ1) is 7.80. The lowest BCUT2D eigenvalue weighted by Gasteiger charge is -2.25. The predicted octanol–water partition coefficient (Wildman–Crippen LogP) is 2.35. The van der Waals surface area contributed by atoms with E-state index in [1.165, 1.54) is 6.07 Å². The smallest absolute Gasteiger partial charge is 0.388 e. The van der Waals surface area contributed by atoms with Gasteiger partial charge in [-0.25, -0.2) is 0 Å². The van der Waals surface area contributed by atoms with E-state index in [0.717, 1.165) is 12.1 Å². The number of nitrogens with two attached hydrogens (primary N) is 1. The number of hydrogen-bond donors (Lipinski definition) is 2. The van der Waals surface area contributed by atoms with Crippen LogP contribution >= 0.6 is 0 Å². The molecule has 3 N–H and O–H groups in total. The van der Waals surface area contributed by atoms with Gasteiger partial charge >= 0.3 is 6.18 Å². The Morgan fingerprint density at radius 1 is 1.29 bits per heavy atom. The lowest BCUT2D eigenvalue weighted by atomic mass is 9.91. The third-order valence-electron chi connectivity index (χ3n) is 2.83. The van der Waals surface area contributed by atoms with Gasteiger partial charge in [-0.05, 0) is 18.1 Å². The lowest BCUT2D eigenvalue weighted by Crippen LogP contribution is -2.39. The Morgan fingerprint density at radius 2 is 1.94 bits per heavy atom. The lowest BCUT2D eigenvalue weighted by molar-refractivity contribution is -0.137. The number of hydrogen-bond acceptors (Lipinski definition) is 2. The molecule has 0 fully saturated rings. The Labute approximate surface area is 98.3 Å². The van der Waals surface area contributed by atoms with Gasteiger partial charge < -0.3 is 10.8 Å². The minimum absolute atomic E-state index is 0.0275. The van der Waals surface area contributed by atoms with Crippen molar-refractivity contribution < 1.29 is 18.3 Å². The average Bonchev–Trinajstić information content (AvgIpc) is 2.28. The van der Waals surface area contributed by atoms with E-state index in [1.807, 2.05) is 0 Å². The second kappa shape index (κ2) is 5.06. The van der Waals surface area contributed by atoms with Crippen molar-refractivity contribution in [1.82, 2.24) is 0 Å². The molecule has 0 aliphatic heterocycles. The molecule has 0 bridgehead atoms. The van der Waals surface area contributed by atoms with Crippen molar-refractivity contribution in [2.45, 2.75) is 31.5 Å². The fraction of sp³-hybridized carbons (Fsp3) is 0.500. The van der Waals surface area contributed by atoms with Gasteiger partial charge in [0.2, 0.25) is 0 Å². The zero-order chi connectivity index (χ0) is 13.1. The first-order valence-electron chi connectivity index (χ1n) is 5.39. The van der Waals surface area contributed by atoms with Gasteiger partial charge in [-0.15, -0.1) is 0 Å². The Balaban J connectivity index is 2.93. The largest absolute Gasteiger partial charge is 0.416 e. The number of halogens is 3. The molecule has 1 aromatic carbocycles. The second-order valence-electron chi connectivity index (χ2n) is 4.16. The highest BCUT2D eigenvalue weighted by atomic mass is 19.4. The molecule has 0 heterocycles. The summed E-state index contributed by atoms with van der Waals surface area (Å²) in [5.41, 5.74) is 4.02. The van der Waals surface area contributed by atoms with Gasteiger partial charge in [-0.2, -0.15) is 13.2 Å². The molecule has 1 unspecified atom stereocenters. The summed E-state index contributed by atoms with van der Waals surface area (Å²) in [5, 5.41) is 9.97. The maximum absolute atomic E-state index is 12.5. The first kappa shape index (κ1) is 14.0. The van der Waals surface area contributed by atoms with Crippen LogP contribution < -0.4 is 5.73 Å². The van der Waals surface area contributed by atoms with E-state index in [1.54, 1.807) is 13.0 Å². The maximum atomic E-state index is 12.5. The van der Waals surface area contributed by atoms with Crippen LogP contribution in [0, 0.1) is 0 Å². The van der Waals surface area contributed by atoms with Crippen LogP contribution in [0.25, 0.3) is 0 Å². The molecule has 17 heavy (non-hydrogen) atoms. The third-order valence-corrected chi connectivity index (χ3v) is 2.83. The van der Waals surface area contributed by atoms with E-state index in [4.69, 9.17) is 5.73 Å². The Morgan fingerprint density at radius 3 is 2.41 bits per heavy atom. The highest BCUT2D eigenvalue weighted by Gasteiger charge is 2.31. The summed E-state index contributed by atoms with van der Waals surface area (Å²) in [6.07, 6.45) is -3.83. The molecule has 96 valence electrons. The second-order valence-corrected chi connectivity index (χ2v) is 4.16. The Kier molecular flexibility index (Phi) is 4.16. The van der Waals surface area contributed by atoms with Gasteiger partial charge in [0.05, 0.1) is 11.2 Å². The summed E-state index contributed by atoms with van der Waals surface area (Å²) in [7, 11) is 0. The van der Waals surface area contributed by atoms with Crippen molar-refractivity contribution >= 4 is 0 Å². The van der Waals surface area contributed by atoms with Crippen LogP contribution in [0.4, 0.5) is 13.2 Å². The van der Waals surface area contributed by atoms with Crippen molar-refractivity contribution in [2.24, 2.45) is 5.73 Å². The van der Waals surface area contributed by atoms with Gasteiger partial charge in [0, 0.05) is 13.0 Å². The minimum atomic E-state index is -4.36. The summed E-state index contributed by atoms with van der Waals surface area (Å²) in [6, 6.07) is 4.96. The number of alkyl halides is 3. The van der Waals surface area contributed by atoms with Crippen LogP contribution in [0.5, 0.6) is 0 Å². The van der Waals surface area contributed by atoms with Crippen LogP contribution in [0.15, 0.2) is 24.3 Å². The molecule has 0 saturated heterocycles. The summed E-state index contributed by atoms with van der Waals surface area (Å²) in [5.74, 6) is 0. The molecular formula is C12H16F3NO. The number of aliphatic hydroxyl groups is 1. The topological polar surface area (TPSA) is 46.2 Å². The highest BCUT2D eigenvalue weighted by molar-refractivity contribution is 5.26. The molecule has 0 aromatic heterocycles. The molecule has 1 rings (SSSR count). The summed E-state index contributed by atoms with van der Waals surface area (Å²) >= 11 is 0. The maximum Gasteiger partial charge on any atom is 0.416 e. The summed E-state index contributed by atoms with van der Waals surface area (Å²) in [6.45, 7) is 1.78. The fourth-order valence-electron chi connectivity index (χ4n) is 1.58. The minimum Gasteiger partial charge on any atom is -0.388 e. The molecule has 0 saturated carbocycles. The van der Waals surface area contributed by atoms with Crippen LogP contribution in [0.3, 0.4) is 0 Å². The van der Waals surface area contributed by atoms with E-state index in [0.29, 0.717) is 12.0 Å². The molecule has 0 amide bonds. The van der Waals surface area contributed by atoms with Crippen LogP contribution in [-0.4, -0.2) is 17.3 Å². The van der Waals surface area contributed by atoms with Crippen molar-refractivity contribution in [3.05, 3.63) is 35.4 Å². The van der Waals surface area contributed by atoms with E-state index in [9.17, 15) is 18.3 Å². The SMILES string of the molecule is CCC(O)(CN)Cc1cccc(C(F)(F)F)c1. The molecule has 0 radical (unpaired) electrons. The summed E-state index contributed by atoms with van der Waals surface area (Å²) in [4.78, 5) is 0. The third kappa shape index (κ3) is 3.71. The van der Waals surface area contributed by atoms with Gasteiger partial charge in [0.25, 0.3) is 0 Å². The Bertz CT molecular complexity index is 372. The first-order valence-corrected chi connectivity index (χ1v) is 5.39. The predicted molar refractivity (Wildman–Crippen MR) is 59.4 cm³/mol. The van der Waals surface area contributed by atoms with Crippen molar-refractivity contribution in [3.63, 3.8) is 0 Å². The zero-order valence-corrected chi connectivity index (χ0v) is 9.59. The van der Waals surface area contributed by atoms with Crippen molar-refractivity contribution in [3.8, 4) is 0 Å². The van der Waals surface area contributed by atoms with Gasteiger partial charge in [-0.3, -0.25) is 0 Å². The molecule has 0 aliphatic rings. The molecule has 2 nitrogen and oxygen atoms in total. The standard InChI is InChI=1S/C12H16F3NO/c1-2-11(17,8-16)7-9-4-3-5-10(6-9)12(13,14)15/h3-6,17H,2,7-8,16H2,1H3. The highest BCUT2D eigenvalue weighted by Crippen LogP contribution is 2.30. The van der Waals surface area contributed by atoms with Gasteiger partial charge in [0.1, 0.15) is 0 Å². The number of rotatable bonds is 4. The molecule has 0 spiro atoms. The normalized spacial score (nSPS) is 15.6. The molecular weight excluding hydrogens is 231 g/mol. The zero-order valence-electron chi connectivity index (χ0n) is 9.59. The van der Waals surface area contributed by atoms with E-state index in [2.05, 4.69) is 0 Å². The molecule has 1 aromatic rings. The number of benzene rings is 1. The molecule has 1 atom stereocenters. The van der Waals surface area contributed by atoms with Gasteiger partial charge in [0.15, 0.2) is 0 Å². The monoisotopic (exact) mass is 247 g/mol. The quantitative estimate of drug-likeness (QED) is 0.857. The van der Waals surface area contributed by atoms with E-state index in [-0.39, 0.29) is 13.0 Å². The van der Waals surface area contributed by atoms with Crippen LogP contribution in [0.2, 0.25) is 0 Å². The van der Waals surface area contributed by atoms with Crippen molar-refractivity contribution in [2.75, 3.05) is 6.54 Å². The average molecular weight is 247 g/mol. The van der Waals surface area contributed by atoms with E-state index < -0.39 is 17.3 Å².